The molecule has 3 unspecified atom stereocenters. The lowest BCUT2D eigenvalue weighted by molar-refractivity contribution is -0.137. The maximum Gasteiger partial charge on any atom is 0.269 e. The Labute approximate surface area is 210 Å². The first-order valence-corrected chi connectivity index (χ1v) is 11.7. The number of carbonyl (C=O) groups excluding carboxylic acids is 2. The normalized spacial score (nSPS) is 22.3. The molecule has 0 spiro atoms. The highest BCUT2D eigenvalue weighted by molar-refractivity contribution is 5.95. The van der Waals surface area contributed by atoms with Gasteiger partial charge in [-0.05, 0) is 35.8 Å². The van der Waals surface area contributed by atoms with Crippen molar-refractivity contribution in [1.82, 2.24) is 24.2 Å². The van der Waals surface area contributed by atoms with Crippen LogP contribution in [0.1, 0.15) is 58.0 Å². The minimum atomic E-state index is -1.88. The van der Waals surface area contributed by atoms with Gasteiger partial charge >= 0.3 is 0 Å². The van der Waals surface area contributed by atoms with Crippen molar-refractivity contribution in [2.24, 2.45) is 12.8 Å². The second-order valence-corrected chi connectivity index (χ2v) is 9.61. The van der Waals surface area contributed by atoms with Crippen LogP contribution in [0.3, 0.4) is 0 Å². The molecule has 0 radical (unpaired) electrons. The van der Waals surface area contributed by atoms with E-state index in [1.807, 2.05) is 6.08 Å². The highest BCUT2D eigenvalue weighted by atomic mass is 19.1. The Bertz CT molecular complexity index is 1610. The van der Waals surface area contributed by atoms with E-state index in [-0.39, 0.29) is 29.4 Å². The number of amides is 2. The van der Waals surface area contributed by atoms with Gasteiger partial charge in [0.15, 0.2) is 5.69 Å². The number of aliphatic hydroxyl groups excluding tert-OH is 1. The van der Waals surface area contributed by atoms with Gasteiger partial charge in [-0.1, -0.05) is 17.9 Å². The SMILES string of the molecule is CN1CCC(O)(C#Cc2cc3c(cc2F)C2=CC(C2)n2c-3nc(C(N)=O)c2C(O)c2ccnn2C)C1=O. The van der Waals surface area contributed by atoms with Crippen LogP contribution < -0.4 is 5.73 Å². The summed E-state index contributed by atoms with van der Waals surface area (Å²) in [6.45, 7) is 0.349. The molecule has 0 saturated carbocycles. The molecule has 37 heavy (non-hydrogen) atoms. The summed E-state index contributed by atoms with van der Waals surface area (Å²) >= 11 is 0. The molecule has 3 aromatic rings. The number of aryl methyl sites for hydroxylation is 1. The first-order chi connectivity index (χ1) is 17.6. The molecular formula is C26H23FN6O4. The monoisotopic (exact) mass is 502 g/mol. The summed E-state index contributed by atoms with van der Waals surface area (Å²) in [6, 6.07) is 4.26. The van der Waals surface area contributed by atoms with Gasteiger partial charge in [0.25, 0.3) is 11.8 Å². The van der Waals surface area contributed by atoms with E-state index >= 15 is 4.39 Å². The number of nitrogens with zero attached hydrogens (tertiary/aromatic N) is 5. The first kappa shape index (κ1) is 23.1. The van der Waals surface area contributed by atoms with Gasteiger partial charge in [0.2, 0.25) is 5.60 Å². The number of benzene rings is 1. The van der Waals surface area contributed by atoms with Crippen LogP contribution in [0.25, 0.3) is 17.0 Å². The summed E-state index contributed by atoms with van der Waals surface area (Å²) in [6.07, 6.45) is 2.90. The molecule has 11 heteroatoms. The van der Waals surface area contributed by atoms with Crippen molar-refractivity contribution in [3.8, 4) is 23.2 Å². The number of nitrogens with two attached hydrogens (primary N) is 1. The van der Waals surface area contributed by atoms with E-state index in [1.165, 1.54) is 27.9 Å². The summed E-state index contributed by atoms with van der Waals surface area (Å²) in [7, 11) is 3.24. The maximum atomic E-state index is 15.2. The minimum absolute atomic E-state index is 0.0295. The summed E-state index contributed by atoms with van der Waals surface area (Å²) in [5.41, 5.74) is 6.34. The number of aromatic nitrogens is 4. The van der Waals surface area contributed by atoms with Crippen molar-refractivity contribution in [3.05, 3.63) is 64.5 Å². The lowest BCUT2D eigenvalue weighted by Gasteiger charge is -2.27. The van der Waals surface area contributed by atoms with E-state index in [4.69, 9.17) is 5.73 Å². The molecule has 4 aliphatic rings. The summed E-state index contributed by atoms with van der Waals surface area (Å²) < 4.78 is 18.4. The highest BCUT2D eigenvalue weighted by Gasteiger charge is 2.42. The number of primary amides is 1. The zero-order valence-corrected chi connectivity index (χ0v) is 20.1. The van der Waals surface area contributed by atoms with E-state index in [1.54, 1.807) is 24.7 Å². The van der Waals surface area contributed by atoms with Crippen LogP contribution in [-0.2, 0) is 11.8 Å². The first-order valence-electron chi connectivity index (χ1n) is 11.7. The van der Waals surface area contributed by atoms with Crippen LogP contribution in [0.2, 0.25) is 0 Å². The fourth-order valence-electron chi connectivity index (χ4n) is 5.26. The Morgan fingerprint density at radius 3 is 2.70 bits per heavy atom. The minimum Gasteiger partial charge on any atom is -0.380 e. The molecule has 1 aliphatic carbocycles. The highest BCUT2D eigenvalue weighted by Crippen LogP contribution is 2.49. The molecule has 3 aliphatic heterocycles. The number of hydrogen-bond acceptors (Lipinski definition) is 6. The number of hydrogen-bond donors (Lipinski definition) is 3. The Balaban J connectivity index is 1.53. The van der Waals surface area contributed by atoms with Gasteiger partial charge in [0, 0.05) is 38.8 Å². The molecule has 1 fully saturated rings. The quantitative estimate of drug-likeness (QED) is 0.455. The molecule has 1 saturated heterocycles. The Kier molecular flexibility index (Phi) is 4.92. The third-order valence-electron chi connectivity index (χ3n) is 7.34. The van der Waals surface area contributed by atoms with Crippen LogP contribution >= 0.6 is 0 Å². The number of rotatable bonds is 3. The zero-order valence-electron chi connectivity index (χ0n) is 20.1. The number of likely N-dealkylation sites (N-methyl/N-ethyl adjacent to an activating group) is 1. The number of allylic oxidation sites excluding steroid dienone is 2. The van der Waals surface area contributed by atoms with E-state index in [0.717, 1.165) is 5.57 Å². The number of halogens is 1. The van der Waals surface area contributed by atoms with Gasteiger partial charge in [0.05, 0.1) is 23.0 Å². The number of carbonyl (C=O) groups is 2. The molecule has 5 heterocycles. The second kappa shape index (κ2) is 7.86. The zero-order chi connectivity index (χ0) is 26.2. The van der Waals surface area contributed by atoms with Gasteiger partial charge < -0.3 is 25.4 Å². The number of aliphatic hydroxyl groups is 2. The maximum absolute atomic E-state index is 15.2. The predicted molar refractivity (Wildman–Crippen MR) is 129 cm³/mol. The van der Waals surface area contributed by atoms with E-state index < -0.39 is 29.3 Å². The van der Waals surface area contributed by atoms with Crippen molar-refractivity contribution >= 4 is 17.4 Å². The van der Waals surface area contributed by atoms with Crippen LogP contribution in [0.15, 0.2) is 30.5 Å². The van der Waals surface area contributed by atoms with Crippen LogP contribution in [0.5, 0.6) is 0 Å². The number of likely N-dealkylation sites (tertiary alicyclic amines) is 1. The topological polar surface area (TPSA) is 140 Å². The average molecular weight is 503 g/mol. The lowest BCUT2D eigenvalue weighted by atomic mass is 9.86. The van der Waals surface area contributed by atoms with Crippen molar-refractivity contribution < 1.29 is 24.2 Å². The Morgan fingerprint density at radius 2 is 2.08 bits per heavy atom. The van der Waals surface area contributed by atoms with Crippen molar-refractivity contribution in [1.29, 1.82) is 0 Å². The predicted octanol–water partition coefficient (Wildman–Crippen LogP) is 0.890. The Hall–Kier alpha value is -4.27. The molecule has 2 amide bonds. The van der Waals surface area contributed by atoms with Gasteiger partial charge in [-0.15, -0.1) is 0 Å². The van der Waals surface area contributed by atoms with Crippen molar-refractivity contribution in [3.63, 3.8) is 0 Å². The molecule has 2 aromatic heterocycles. The largest absolute Gasteiger partial charge is 0.380 e. The summed E-state index contributed by atoms with van der Waals surface area (Å²) in [5, 5.41) is 26.0. The van der Waals surface area contributed by atoms with Gasteiger partial charge in [-0.3, -0.25) is 14.3 Å². The van der Waals surface area contributed by atoms with Crippen molar-refractivity contribution in [2.45, 2.75) is 30.6 Å². The molecule has 188 valence electrons. The molecule has 10 nitrogen and oxygen atoms in total. The molecule has 4 N–H and O–H groups in total. The van der Waals surface area contributed by atoms with Gasteiger partial charge in [-0.25, -0.2) is 9.37 Å². The van der Waals surface area contributed by atoms with Crippen molar-refractivity contribution in [2.75, 3.05) is 13.6 Å². The van der Waals surface area contributed by atoms with Gasteiger partial charge in [-0.2, -0.15) is 5.10 Å². The van der Waals surface area contributed by atoms with E-state index in [9.17, 15) is 19.8 Å². The van der Waals surface area contributed by atoms with Crippen LogP contribution in [0.4, 0.5) is 4.39 Å². The third-order valence-corrected chi connectivity index (χ3v) is 7.34. The average Bonchev–Trinajstić information content (AvgIpc) is 3.46. The van der Waals surface area contributed by atoms with Gasteiger partial charge in [0.1, 0.15) is 17.7 Å². The molecular weight excluding hydrogens is 479 g/mol. The number of imidazole rings is 1. The smallest absolute Gasteiger partial charge is 0.269 e. The second-order valence-electron chi connectivity index (χ2n) is 9.61. The summed E-state index contributed by atoms with van der Waals surface area (Å²) in [5.74, 6) is 3.58. The molecule has 7 rings (SSSR count). The van der Waals surface area contributed by atoms with Crippen LogP contribution in [0, 0.1) is 17.7 Å². The Morgan fingerprint density at radius 1 is 1.32 bits per heavy atom. The van der Waals surface area contributed by atoms with E-state index in [2.05, 4.69) is 21.9 Å². The fraction of sp³-hybridized carbons (Fsp3) is 0.308. The van der Waals surface area contributed by atoms with Crippen LogP contribution in [-0.4, -0.2) is 65.5 Å². The third kappa shape index (κ3) is 3.33. The molecule has 2 bridgehead atoms. The fourth-order valence-corrected chi connectivity index (χ4v) is 5.26. The summed E-state index contributed by atoms with van der Waals surface area (Å²) in [4.78, 5) is 30.6. The molecule has 3 atom stereocenters. The lowest BCUT2D eigenvalue weighted by Crippen LogP contribution is -2.37. The standard InChI is InChI=1S/C26H23FN6O4/c1-31-8-6-26(37,25(31)36)5-3-13-11-17-16(12-18(13)27)14-9-15(10-14)33-21(20(23(28)35)30-24(17)33)22(34)19-4-7-29-32(19)2/h4,7,9,11-12,15,22,34,37H,6,8,10H2,1-2H3,(H2,28,35). The van der Waals surface area contributed by atoms with E-state index in [0.29, 0.717) is 35.6 Å². The molecule has 1 aromatic carbocycles.